The van der Waals surface area contributed by atoms with Gasteiger partial charge >= 0.3 is 0 Å². The van der Waals surface area contributed by atoms with Gasteiger partial charge < -0.3 is 19.4 Å². The third kappa shape index (κ3) is 3.84. The first-order chi connectivity index (χ1) is 9.39. The fourth-order valence-corrected chi connectivity index (χ4v) is 3.01. The lowest BCUT2D eigenvalue weighted by molar-refractivity contribution is -0.153. The maximum atomic E-state index is 12.1. The number of carbonyl (C=O) groups is 1. The van der Waals surface area contributed by atoms with Gasteiger partial charge in [0.1, 0.15) is 5.69 Å². The first-order valence-corrected chi connectivity index (χ1v) is 7.57. The summed E-state index contributed by atoms with van der Waals surface area (Å²) in [5.74, 6) is -0.285. The van der Waals surface area contributed by atoms with Gasteiger partial charge in [0.15, 0.2) is 5.79 Å². The summed E-state index contributed by atoms with van der Waals surface area (Å²) in [6, 6.07) is 1.81. The minimum Gasteiger partial charge on any atom is -0.350 e. The van der Waals surface area contributed by atoms with Crippen LogP contribution in [0.4, 0.5) is 0 Å². The molecule has 1 aromatic rings. The van der Waals surface area contributed by atoms with E-state index in [9.17, 15) is 4.79 Å². The normalized spacial score (nSPS) is 19.0. The monoisotopic (exact) mass is 344 g/mol. The zero-order valence-corrected chi connectivity index (χ0v) is 13.7. The first kappa shape index (κ1) is 15.5. The van der Waals surface area contributed by atoms with Gasteiger partial charge in [0.25, 0.3) is 5.91 Å². The number of ether oxygens (including phenoxy) is 2. The van der Waals surface area contributed by atoms with Crippen LogP contribution in [0.15, 0.2) is 16.7 Å². The van der Waals surface area contributed by atoms with Crippen LogP contribution in [0.5, 0.6) is 0 Å². The van der Waals surface area contributed by atoms with E-state index in [1.165, 1.54) is 0 Å². The Bertz CT molecular complexity index is 481. The molecule has 6 heteroatoms. The molecule has 0 aliphatic carbocycles. The summed E-state index contributed by atoms with van der Waals surface area (Å²) in [5, 5.41) is 2.95. The summed E-state index contributed by atoms with van der Waals surface area (Å²) >= 11 is 3.36. The number of aromatic nitrogens is 1. The number of nitrogens with zero attached hydrogens (tertiary/aromatic N) is 1. The van der Waals surface area contributed by atoms with Crippen molar-refractivity contribution in [3.63, 3.8) is 0 Å². The van der Waals surface area contributed by atoms with Gasteiger partial charge in [0.05, 0.1) is 13.2 Å². The molecule has 1 aromatic heterocycles. The zero-order chi connectivity index (χ0) is 14.8. The minimum absolute atomic E-state index is 0.0662. The molecule has 0 radical (unpaired) electrons. The molecule has 1 saturated heterocycles. The number of nitrogens with one attached hydrogen (secondary N) is 1. The van der Waals surface area contributed by atoms with E-state index < -0.39 is 5.79 Å². The van der Waals surface area contributed by atoms with Crippen LogP contribution in [0.25, 0.3) is 0 Å². The van der Waals surface area contributed by atoms with Crippen LogP contribution >= 0.6 is 15.9 Å². The van der Waals surface area contributed by atoms with Crippen molar-refractivity contribution in [3.05, 3.63) is 22.4 Å². The van der Waals surface area contributed by atoms with Gasteiger partial charge in [-0.05, 0) is 34.8 Å². The van der Waals surface area contributed by atoms with E-state index in [-0.39, 0.29) is 11.8 Å². The van der Waals surface area contributed by atoms with Crippen LogP contribution in [0.3, 0.4) is 0 Å². The molecule has 0 saturated carbocycles. The number of carbonyl (C=O) groups excluding carboxylic acids is 1. The van der Waals surface area contributed by atoms with Crippen LogP contribution in [-0.2, 0) is 16.5 Å². The highest BCUT2D eigenvalue weighted by atomic mass is 79.9. The average molecular weight is 345 g/mol. The fraction of sp³-hybridized carbons (Fsp3) is 0.643. The largest absolute Gasteiger partial charge is 0.350 e. The topological polar surface area (TPSA) is 52.5 Å². The van der Waals surface area contributed by atoms with Gasteiger partial charge in [-0.15, -0.1) is 0 Å². The predicted molar refractivity (Wildman–Crippen MR) is 79.5 cm³/mol. The van der Waals surface area contributed by atoms with E-state index in [0.29, 0.717) is 25.5 Å². The Morgan fingerprint density at radius 3 is 2.75 bits per heavy atom. The molecule has 0 spiro atoms. The molecule has 1 aliphatic rings. The Morgan fingerprint density at radius 2 is 2.20 bits per heavy atom. The Balaban J connectivity index is 1.82. The number of amides is 1. The molecule has 0 bridgehead atoms. The Hall–Kier alpha value is -0.850. The van der Waals surface area contributed by atoms with Gasteiger partial charge in [-0.1, -0.05) is 6.92 Å². The van der Waals surface area contributed by atoms with Crippen LogP contribution in [0, 0.1) is 5.92 Å². The fourth-order valence-electron chi connectivity index (χ4n) is 2.49. The second kappa shape index (κ2) is 6.28. The van der Waals surface area contributed by atoms with Gasteiger partial charge in [-0.2, -0.15) is 0 Å². The molecule has 2 rings (SSSR count). The Morgan fingerprint density at radius 1 is 1.55 bits per heavy atom. The van der Waals surface area contributed by atoms with E-state index in [4.69, 9.17) is 9.47 Å². The lowest BCUT2D eigenvalue weighted by Crippen LogP contribution is -2.34. The molecular formula is C14H21BrN2O3. The van der Waals surface area contributed by atoms with Crippen molar-refractivity contribution in [2.24, 2.45) is 13.0 Å². The van der Waals surface area contributed by atoms with Crippen LogP contribution in [-0.4, -0.2) is 36.0 Å². The van der Waals surface area contributed by atoms with Gasteiger partial charge in [-0.25, -0.2) is 0 Å². The number of halogens is 1. The number of rotatable bonds is 5. The highest BCUT2D eigenvalue weighted by molar-refractivity contribution is 9.10. The van der Waals surface area contributed by atoms with Gasteiger partial charge in [0, 0.05) is 30.7 Å². The molecule has 1 amide bonds. The smallest absolute Gasteiger partial charge is 0.267 e. The second-order valence-corrected chi connectivity index (χ2v) is 6.42. The quantitative estimate of drug-likeness (QED) is 0.891. The molecule has 1 atom stereocenters. The Labute approximate surface area is 127 Å². The predicted octanol–water partition coefficient (Wildman–Crippen LogP) is 2.31. The van der Waals surface area contributed by atoms with Gasteiger partial charge in [0.2, 0.25) is 0 Å². The van der Waals surface area contributed by atoms with Crippen molar-refractivity contribution in [1.82, 2.24) is 9.88 Å². The standard InChI is InChI=1S/C14H21BrN2O3/c1-10(7-14(2)19-4-5-20-14)8-16-13(18)12-6-11(15)9-17(12)3/h6,9-10H,4-5,7-8H2,1-3H3,(H,16,18)/t10-/m1/s1. The van der Waals surface area contributed by atoms with E-state index in [1.807, 2.05) is 26.2 Å². The summed E-state index contributed by atoms with van der Waals surface area (Å²) < 4.78 is 13.9. The summed E-state index contributed by atoms with van der Waals surface area (Å²) in [4.78, 5) is 12.1. The number of aryl methyl sites for hydroxylation is 1. The lowest BCUT2D eigenvalue weighted by atomic mass is 10.0. The van der Waals surface area contributed by atoms with Crippen molar-refractivity contribution >= 4 is 21.8 Å². The third-order valence-electron chi connectivity index (χ3n) is 3.43. The average Bonchev–Trinajstić information content (AvgIpc) is 2.92. The Kier molecular flexibility index (Phi) is 4.88. The molecule has 0 aromatic carbocycles. The minimum atomic E-state index is -0.502. The molecule has 1 N–H and O–H groups in total. The second-order valence-electron chi connectivity index (χ2n) is 5.50. The molecule has 112 valence electrons. The van der Waals surface area contributed by atoms with Crippen LogP contribution in [0.2, 0.25) is 0 Å². The van der Waals surface area contributed by atoms with E-state index in [2.05, 4.69) is 28.2 Å². The number of hydrogen-bond acceptors (Lipinski definition) is 3. The van der Waals surface area contributed by atoms with Gasteiger partial charge in [-0.3, -0.25) is 4.79 Å². The van der Waals surface area contributed by atoms with E-state index in [0.717, 1.165) is 10.9 Å². The van der Waals surface area contributed by atoms with Crippen LogP contribution in [0.1, 0.15) is 30.8 Å². The first-order valence-electron chi connectivity index (χ1n) is 6.77. The summed E-state index contributed by atoms with van der Waals surface area (Å²) in [6.07, 6.45) is 2.63. The van der Waals surface area contributed by atoms with Crippen molar-refractivity contribution < 1.29 is 14.3 Å². The molecule has 1 fully saturated rings. The zero-order valence-electron chi connectivity index (χ0n) is 12.1. The maximum Gasteiger partial charge on any atom is 0.267 e. The van der Waals surface area contributed by atoms with Crippen molar-refractivity contribution in [2.45, 2.75) is 26.1 Å². The lowest BCUT2D eigenvalue weighted by Gasteiger charge is -2.26. The molecule has 20 heavy (non-hydrogen) atoms. The summed E-state index contributed by atoms with van der Waals surface area (Å²) in [7, 11) is 1.85. The molecule has 2 heterocycles. The van der Waals surface area contributed by atoms with Crippen molar-refractivity contribution in [3.8, 4) is 0 Å². The third-order valence-corrected chi connectivity index (χ3v) is 3.87. The molecular weight excluding hydrogens is 324 g/mol. The molecule has 0 unspecified atom stereocenters. The molecule has 5 nitrogen and oxygen atoms in total. The summed E-state index contributed by atoms with van der Waals surface area (Å²) in [5.41, 5.74) is 0.642. The maximum absolute atomic E-state index is 12.1. The van der Waals surface area contributed by atoms with Crippen LogP contribution < -0.4 is 5.32 Å². The SMILES string of the molecule is C[C@@H](CNC(=O)c1cc(Br)cn1C)CC1(C)OCCO1. The van der Waals surface area contributed by atoms with Crippen molar-refractivity contribution in [1.29, 1.82) is 0 Å². The van der Waals surface area contributed by atoms with E-state index >= 15 is 0 Å². The summed E-state index contributed by atoms with van der Waals surface area (Å²) in [6.45, 7) is 5.92. The highest BCUT2D eigenvalue weighted by Gasteiger charge is 2.32. The highest BCUT2D eigenvalue weighted by Crippen LogP contribution is 2.26. The number of hydrogen-bond donors (Lipinski definition) is 1. The van der Waals surface area contributed by atoms with E-state index in [1.54, 1.807) is 4.57 Å². The van der Waals surface area contributed by atoms with Crippen molar-refractivity contribution in [2.75, 3.05) is 19.8 Å². The molecule has 1 aliphatic heterocycles.